The van der Waals surface area contributed by atoms with Crippen molar-refractivity contribution in [3.05, 3.63) is 56.0 Å². The van der Waals surface area contributed by atoms with E-state index >= 15 is 0 Å². The van der Waals surface area contributed by atoms with Crippen LogP contribution < -0.4 is 0 Å². The average Bonchev–Trinajstić information content (AvgIpc) is 2.45. The van der Waals surface area contributed by atoms with E-state index in [2.05, 4.69) is 14.8 Å². The Labute approximate surface area is 114 Å². The summed E-state index contributed by atoms with van der Waals surface area (Å²) in [6.45, 7) is 0.297. The third-order valence-corrected chi connectivity index (χ3v) is 2.34. The molecule has 0 aromatic heterocycles. The molecule has 0 aliphatic carbocycles. The number of carbonyl (C=O) groups is 1. The Morgan fingerprint density at radius 2 is 2.30 bits per heavy atom. The third kappa shape index (κ3) is 4.43. The molecule has 0 N–H and O–H groups in total. The van der Waals surface area contributed by atoms with Gasteiger partial charge in [-0.05, 0) is 23.6 Å². The summed E-state index contributed by atoms with van der Waals surface area (Å²) in [5, 5.41) is 14.2. The van der Waals surface area contributed by atoms with Crippen LogP contribution in [-0.2, 0) is 4.74 Å². The topological polar surface area (TPSA) is 118 Å². The second kappa shape index (κ2) is 7.55. The van der Waals surface area contributed by atoms with Crippen molar-refractivity contribution < 1.29 is 14.5 Å². The second-order valence-corrected chi connectivity index (χ2v) is 3.71. The van der Waals surface area contributed by atoms with Crippen LogP contribution in [0, 0.1) is 10.1 Å². The fourth-order valence-electron chi connectivity index (χ4n) is 1.47. The summed E-state index contributed by atoms with van der Waals surface area (Å²) in [7, 11) is 1.20. The molecule has 1 aromatic rings. The molecule has 0 radical (unpaired) electrons. The zero-order valence-corrected chi connectivity index (χ0v) is 10.7. The van der Waals surface area contributed by atoms with Crippen LogP contribution in [0.25, 0.3) is 16.5 Å². The normalized spacial score (nSPS) is 10.1. The Hall–Kier alpha value is -2.86. The first-order valence-corrected chi connectivity index (χ1v) is 5.63. The molecule has 1 rings (SSSR count). The summed E-state index contributed by atoms with van der Waals surface area (Å²) in [6, 6.07) is 3.99. The number of esters is 1. The van der Waals surface area contributed by atoms with Gasteiger partial charge < -0.3 is 4.74 Å². The summed E-state index contributed by atoms with van der Waals surface area (Å²) >= 11 is 0. The van der Waals surface area contributed by atoms with Gasteiger partial charge in [0.05, 0.1) is 17.6 Å². The Kier molecular flexibility index (Phi) is 5.74. The largest absolute Gasteiger partial charge is 0.465 e. The molecule has 8 heteroatoms. The molecular formula is C12H12N4O4. The van der Waals surface area contributed by atoms with Crippen LogP contribution in [0.4, 0.5) is 5.69 Å². The number of hydrogen-bond donors (Lipinski definition) is 0. The maximum Gasteiger partial charge on any atom is 0.338 e. The molecule has 0 unspecified atom stereocenters. The lowest BCUT2D eigenvalue weighted by atomic mass is 10.1. The Bertz CT molecular complexity index is 591. The Balaban J connectivity index is 2.99. The average molecular weight is 276 g/mol. The zero-order valence-electron chi connectivity index (χ0n) is 10.7. The van der Waals surface area contributed by atoms with Crippen molar-refractivity contribution in [1.29, 1.82) is 0 Å². The molecular weight excluding hydrogens is 264 g/mol. The van der Waals surface area contributed by atoms with E-state index in [1.807, 2.05) is 0 Å². The number of hydrogen-bond acceptors (Lipinski definition) is 5. The van der Waals surface area contributed by atoms with Crippen LogP contribution in [0.2, 0.25) is 0 Å². The number of nitro benzene ring substituents is 1. The standard InChI is InChI=1S/C12H12N4O4/c1-20-12(17)10-6-9(4-2-3-5-14-15-13)7-11(8-10)16(18)19/h2,4,6-8H,3,5H2,1H3. The molecule has 0 saturated carbocycles. The molecule has 0 atom stereocenters. The quantitative estimate of drug-likeness (QED) is 0.151. The second-order valence-electron chi connectivity index (χ2n) is 3.71. The van der Waals surface area contributed by atoms with Gasteiger partial charge in [0, 0.05) is 23.6 Å². The van der Waals surface area contributed by atoms with Crippen LogP contribution in [0.3, 0.4) is 0 Å². The first kappa shape index (κ1) is 15.2. The van der Waals surface area contributed by atoms with Crippen molar-refractivity contribution in [2.75, 3.05) is 13.7 Å². The van der Waals surface area contributed by atoms with Crippen molar-refractivity contribution in [3.8, 4) is 0 Å². The van der Waals surface area contributed by atoms with Crippen molar-refractivity contribution in [3.63, 3.8) is 0 Å². The lowest BCUT2D eigenvalue weighted by Gasteiger charge is -2.01. The minimum atomic E-state index is -0.641. The van der Waals surface area contributed by atoms with Crippen LogP contribution in [0.15, 0.2) is 29.4 Å². The van der Waals surface area contributed by atoms with Crippen LogP contribution >= 0.6 is 0 Å². The molecule has 0 amide bonds. The van der Waals surface area contributed by atoms with Gasteiger partial charge in [-0.25, -0.2) is 4.79 Å². The summed E-state index contributed by atoms with van der Waals surface area (Å²) in [5.74, 6) is -0.641. The summed E-state index contributed by atoms with van der Waals surface area (Å²) in [4.78, 5) is 24.3. The summed E-state index contributed by atoms with van der Waals surface area (Å²) < 4.78 is 4.54. The minimum Gasteiger partial charge on any atom is -0.465 e. The molecule has 20 heavy (non-hydrogen) atoms. The van der Waals surface area contributed by atoms with Crippen molar-refractivity contribution >= 4 is 17.7 Å². The number of azide groups is 1. The van der Waals surface area contributed by atoms with E-state index in [0.717, 1.165) is 6.07 Å². The van der Waals surface area contributed by atoms with E-state index in [9.17, 15) is 14.9 Å². The summed E-state index contributed by atoms with van der Waals surface area (Å²) in [5.41, 5.74) is 8.53. The van der Waals surface area contributed by atoms with Gasteiger partial charge >= 0.3 is 5.97 Å². The Morgan fingerprint density at radius 1 is 1.55 bits per heavy atom. The molecule has 0 bridgehead atoms. The van der Waals surface area contributed by atoms with Gasteiger partial charge in [-0.15, -0.1) is 0 Å². The molecule has 0 aliphatic rings. The highest BCUT2D eigenvalue weighted by Gasteiger charge is 2.13. The van der Waals surface area contributed by atoms with E-state index in [1.165, 1.54) is 19.2 Å². The SMILES string of the molecule is COC(=O)c1cc(C=CCCN=[N+]=[N-])cc([N+](=O)[O-])c1. The molecule has 0 fully saturated rings. The number of ether oxygens (including phenoxy) is 1. The fourth-order valence-corrected chi connectivity index (χ4v) is 1.47. The zero-order chi connectivity index (χ0) is 15.0. The maximum absolute atomic E-state index is 11.4. The van der Waals surface area contributed by atoms with Gasteiger partial charge in [0.15, 0.2) is 0 Å². The number of rotatable bonds is 6. The van der Waals surface area contributed by atoms with Gasteiger partial charge in [-0.1, -0.05) is 17.3 Å². The van der Waals surface area contributed by atoms with E-state index < -0.39 is 10.9 Å². The van der Waals surface area contributed by atoms with E-state index in [1.54, 1.807) is 12.2 Å². The number of nitro groups is 1. The molecule has 0 saturated heterocycles. The number of non-ortho nitro benzene ring substituents is 1. The van der Waals surface area contributed by atoms with Crippen LogP contribution in [0.1, 0.15) is 22.3 Å². The monoisotopic (exact) mass is 276 g/mol. The van der Waals surface area contributed by atoms with Gasteiger partial charge in [-0.3, -0.25) is 10.1 Å². The number of benzene rings is 1. The van der Waals surface area contributed by atoms with Gasteiger partial charge in [0.2, 0.25) is 0 Å². The number of nitrogens with zero attached hydrogens (tertiary/aromatic N) is 4. The summed E-state index contributed by atoms with van der Waals surface area (Å²) in [6.07, 6.45) is 3.82. The highest BCUT2D eigenvalue weighted by Crippen LogP contribution is 2.19. The van der Waals surface area contributed by atoms with Crippen molar-refractivity contribution in [2.24, 2.45) is 5.11 Å². The van der Waals surface area contributed by atoms with Crippen LogP contribution in [-0.4, -0.2) is 24.5 Å². The number of carbonyl (C=O) groups excluding carboxylic acids is 1. The maximum atomic E-state index is 11.4. The first-order chi connectivity index (χ1) is 9.58. The van der Waals surface area contributed by atoms with Crippen molar-refractivity contribution in [2.45, 2.75) is 6.42 Å². The lowest BCUT2D eigenvalue weighted by molar-refractivity contribution is -0.384. The third-order valence-electron chi connectivity index (χ3n) is 2.34. The van der Waals surface area contributed by atoms with E-state index in [0.29, 0.717) is 18.5 Å². The molecule has 0 aliphatic heterocycles. The first-order valence-electron chi connectivity index (χ1n) is 5.63. The molecule has 8 nitrogen and oxygen atoms in total. The Morgan fingerprint density at radius 3 is 2.90 bits per heavy atom. The molecule has 1 aromatic carbocycles. The number of methoxy groups -OCH3 is 1. The van der Waals surface area contributed by atoms with Gasteiger partial charge in [-0.2, -0.15) is 0 Å². The smallest absolute Gasteiger partial charge is 0.338 e. The van der Waals surface area contributed by atoms with Gasteiger partial charge in [0.25, 0.3) is 5.69 Å². The van der Waals surface area contributed by atoms with Crippen molar-refractivity contribution in [1.82, 2.24) is 0 Å². The highest BCUT2D eigenvalue weighted by molar-refractivity contribution is 5.91. The van der Waals surface area contributed by atoms with Gasteiger partial charge in [0.1, 0.15) is 0 Å². The van der Waals surface area contributed by atoms with E-state index in [4.69, 9.17) is 5.53 Å². The predicted octanol–water partition coefficient (Wildman–Crippen LogP) is 3.10. The fraction of sp³-hybridized carbons (Fsp3) is 0.250. The predicted molar refractivity (Wildman–Crippen MR) is 72.1 cm³/mol. The molecule has 0 spiro atoms. The molecule has 0 heterocycles. The molecule has 104 valence electrons. The van der Waals surface area contributed by atoms with E-state index in [-0.39, 0.29) is 11.3 Å². The van der Waals surface area contributed by atoms with Crippen LogP contribution in [0.5, 0.6) is 0 Å². The minimum absolute atomic E-state index is 0.108. The lowest BCUT2D eigenvalue weighted by Crippen LogP contribution is -2.02. The highest BCUT2D eigenvalue weighted by atomic mass is 16.6.